The van der Waals surface area contributed by atoms with E-state index in [2.05, 4.69) is 17.4 Å². The van der Waals surface area contributed by atoms with Gasteiger partial charge in [0.25, 0.3) is 0 Å². The molecular formula is C18H21NOS. The Bertz CT molecular complexity index is 568. The van der Waals surface area contributed by atoms with Crippen LogP contribution in [0.1, 0.15) is 31.0 Å². The molecule has 2 aromatic rings. The fourth-order valence-corrected chi connectivity index (χ4v) is 2.53. The van der Waals surface area contributed by atoms with E-state index in [-0.39, 0.29) is 12.0 Å². The van der Waals surface area contributed by atoms with Crippen molar-refractivity contribution in [2.45, 2.75) is 26.0 Å². The lowest BCUT2D eigenvalue weighted by molar-refractivity contribution is 0.115. The highest BCUT2D eigenvalue weighted by atomic mass is 32.1. The molecule has 2 rings (SSSR count). The minimum Gasteiger partial charge on any atom is -0.393 e. The summed E-state index contributed by atoms with van der Waals surface area (Å²) >= 11 is 5.51. The van der Waals surface area contributed by atoms with Crippen LogP contribution in [0.25, 0.3) is 0 Å². The Morgan fingerprint density at radius 3 is 2.00 bits per heavy atom. The van der Waals surface area contributed by atoms with Gasteiger partial charge in [-0.3, -0.25) is 0 Å². The van der Waals surface area contributed by atoms with Gasteiger partial charge < -0.3 is 10.4 Å². The molecule has 3 atom stereocenters. The molecular weight excluding hydrogens is 278 g/mol. The topological polar surface area (TPSA) is 32.3 Å². The first-order chi connectivity index (χ1) is 10.1. The second kappa shape index (κ2) is 7.34. The SMILES string of the molecule is C[C@H]([C@H](C)O)[C@@H](NC(=S)c1ccccc1)c1ccccc1. The Balaban J connectivity index is 2.23. The first-order valence-electron chi connectivity index (χ1n) is 7.18. The van der Waals surface area contributed by atoms with Gasteiger partial charge in [0.1, 0.15) is 4.99 Å². The van der Waals surface area contributed by atoms with Gasteiger partial charge in [0.2, 0.25) is 0 Å². The third-order valence-electron chi connectivity index (χ3n) is 3.77. The quantitative estimate of drug-likeness (QED) is 0.826. The maximum absolute atomic E-state index is 9.95. The molecule has 0 fully saturated rings. The van der Waals surface area contributed by atoms with Crippen LogP contribution in [0.4, 0.5) is 0 Å². The zero-order chi connectivity index (χ0) is 15.2. The average Bonchev–Trinajstić information content (AvgIpc) is 2.53. The molecule has 0 aliphatic rings. The van der Waals surface area contributed by atoms with Crippen LogP contribution >= 0.6 is 12.2 Å². The Morgan fingerprint density at radius 2 is 1.48 bits per heavy atom. The van der Waals surface area contributed by atoms with Crippen LogP contribution in [0, 0.1) is 5.92 Å². The van der Waals surface area contributed by atoms with E-state index < -0.39 is 6.10 Å². The number of nitrogens with one attached hydrogen (secondary N) is 1. The van der Waals surface area contributed by atoms with Crippen LogP contribution < -0.4 is 5.32 Å². The maximum Gasteiger partial charge on any atom is 0.107 e. The molecule has 2 nitrogen and oxygen atoms in total. The Labute approximate surface area is 131 Å². The predicted molar refractivity (Wildman–Crippen MR) is 91.3 cm³/mol. The molecule has 2 aromatic carbocycles. The highest BCUT2D eigenvalue weighted by Crippen LogP contribution is 2.25. The van der Waals surface area contributed by atoms with Gasteiger partial charge >= 0.3 is 0 Å². The van der Waals surface area contributed by atoms with E-state index in [0.717, 1.165) is 11.1 Å². The summed E-state index contributed by atoms with van der Waals surface area (Å²) in [7, 11) is 0. The predicted octanol–water partition coefficient (Wildman–Crippen LogP) is 3.71. The van der Waals surface area contributed by atoms with E-state index in [9.17, 15) is 5.11 Å². The van der Waals surface area contributed by atoms with E-state index in [0.29, 0.717) is 4.99 Å². The van der Waals surface area contributed by atoms with Gasteiger partial charge in [-0.15, -0.1) is 0 Å². The second-order valence-corrected chi connectivity index (χ2v) is 5.74. The molecule has 0 saturated heterocycles. The van der Waals surface area contributed by atoms with Crippen LogP contribution in [-0.4, -0.2) is 16.2 Å². The molecule has 0 heterocycles. The summed E-state index contributed by atoms with van der Waals surface area (Å²) in [4.78, 5) is 0.706. The Hall–Kier alpha value is -1.71. The summed E-state index contributed by atoms with van der Waals surface area (Å²) in [6.07, 6.45) is -0.415. The van der Waals surface area contributed by atoms with Gasteiger partial charge in [0.05, 0.1) is 12.1 Å². The summed E-state index contributed by atoms with van der Waals surface area (Å²) in [6, 6.07) is 20.0. The lowest BCUT2D eigenvalue weighted by Gasteiger charge is -2.29. The average molecular weight is 299 g/mol. The molecule has 0 amide bonds. The number of aliphatic hydroxyl groups is 1. The minimum absolute atomic E-state index is 0.0149. The number of thiocarbonyl (C=S) groups is 1. The maximum atomic E-state index is 9.95. The molecule has 2 N–H and O–H groups in total. The van der Waals surface area contributed by atoms with Crippen LogP contribution in [0.2, 0.25) is 0 Å². The summed E-state index contributed by atoms with van der Waals surface area (Å²) < 4.78 is 0. The van der Waals surface area contributed by atoms with E-state index >= 15 is 0 Å². The Kier molecular flexibility index (Phi) is 5.48. The molecule has 0 spiro atoms. The lowest BCUT2D eigenvalue weighted by atomic mass is 9.90. The third kappa shape index (κ3) is 4.13. The van der Waals surface area contributed by atoms with Crippen LogP contribution in [0.5, 0.6) is 0 Å². The van der Waals surface area contributed by atoms with Gasteiger partial charge in [-0.05, 0) is 12.5 Å². The molecule has 0 aliphatic heterocycles. The molecule has 0 saturated carbocycles. The lowest BCUT2D eigenvalue weighted by Crippen LogP contribution is -2.35. The second-order valence-electron chi connectivity index (χ2n) is 5.33. The highest BCUT2D eigenvalue weighted by Gasteiger charge is 2.24. The van der Waals surface area contributed by atoms with Crippen molar-refractivity contribution in [2.24, 2.45) is 5.92 Å². The summed E-state index contributed by atoms with van der Waals surface area (Å²) in [5.74, 6) is 0.0501. The Morgan fingerprint density at radius 1 is 0.952 bits per heavy atom. The zero-order valence-corrected chi connectivity index (χ0v) is 13.2. The first kappa shape index (κ1) is 15.7. The molecule has 0 aromatic heterocycles. The number of hydrogen-bond acceptors (Lipinski definition) is 2. The van der Waals surface area contributed by atoms with Gasteiger partial charge in [-0.25, -0.2) is 0 Å². The van der Waals surface area contributed by atoms with Crippen molar-refractivity contribution >= 4 is 17.2 Å². The standard InChI is InChI=1S/C18H21NOS/c1-13(14(2)20)17(15-9-5-3-6-10-15)19-18(21)16-11-7-4-8-12-16/h3-14,17,20H,1-2H3,(H,19,21)/t13-,14+,17-/m1/s1. The van der Waals surface area contributed by atoms with Crippen molar-refractivity contribution in [1.29, 1.82) is 0 Å². The van der Waals surface area contributed by atoms with Crippen molar-refractivity contribution in [3.63, 3.8) is 0 Å². The van der Waals surface area contributed by atoms with E-state index in [4.69, 9.17) is 12.2 Å². The molecule has 0 radical (unpaired) electrons. The number of aliphatic hydroxyl groups excluding tert-OH is 1. The third-order valence-corrected chi connectivity index (χ3v) is 4.12. The number of rotatable bonds is 5. The van der Waals surface area contributed by atoms with Gasteiger partial charge in [0.15, 0.2) is 0 Å². The number of benzene rings is 2. The normalized spacial score (nSPS) is 15.0. The van der Waals surface area contributed by atoms with Crippen molar-refractivity contribution in [3.8, 4) is 0 Å². The largest absolute Gasteiger partial charge is 0.393 e. The van der Waals surface area contributed by atoms with Crippen LogP contribution in [0.3, 0.4) is 0 Å². The molecule has 110 valence electrons. The summed E-state index contributed by atoms with van der Waals surface area (Å²) in [6.45, 7) is 3.84. The molecule has 0 unspecified atom stereocenters. The van der Waals surface area contributed by atoms with Crippen LogP contribution in [0.15, 0.2) is 60.7 Å². The van der Waals surface area contributed by atoms with E-state index in [1.807, 2.05) is 62.4 Å². The van der Waals surface area contributed by atoms with Crippen molar-refractivity contribution in [1.82, 2.24) is 5.32 Å². The smallest absolute Gasteiger partial charge is 0.107 e. The monoisotopic (exact) mass is 299 g/mol. The van der Waals surface area contributed by atoms with E-state index in [1.54, 1.807) is 0 Å². The van der Waals surface area contributed by atoms with E-state index in [1.165, 1.54) is 0 Å². The first-order valence-corrected chi connectivity index (χ1v) is 7.59. The van der Waals surface area contributed by atoms with Crippen molar-refractivity contribution < 1.29 is 5.11 Å². The highest BCUT2D eigenvalue weighted by molar-refractivity contribution is 7.80. The minimum atomic E-state index is -0.415. The molecule has 3 heteroatoms. The molecule has 0 aliphatic carbocycles. The van der Waals surface area contributed by atoms with Gasteiger partial charge in [0, 0.05) is 11.5 Å². The zero-order valence-electron chi connectivity index (χ0n) is 12.4. The van der Waals surface area contributed by atoms with Crippen LogP contribution in [-0.2, 0) is 0 Å². The molecule has 21 heavy (non-hydrogen) atoms. The fraction of sp³-hybridized carbons (Fsp3) is 0.278. The van der Waals surface area contributed by atoms with Crippen molar-refractivity contribution in [3.05, 3.63) is 71.8 Å². The number of hydrogen-bond donors (Lipinski definition) is 2. The fourth-order valence-electron chi connectivity index (χ4n) is 2.27. The summed E-state index contributed by atoms with van der Waals surface area (Å²) in [5.41, 5.74) is 2.12. The van der Waals surface area contributed by atoms with Gasteiger partial charge in [-0.2, -0.15) is 0 Å². The van der Waals surface area contributed by atoms with Gasteiger partial charge in [-0.1, -0.05) is 79.8 Å². The summed E-state index contributed by atoms with van der Waals surface area (Å²) in [5, 5.41) is 13.4. The molecule has 0 bridgehead atoms. The van der Waals surface area contributed by atoms with Crippen molar-refractivity contribution in [2.75, 3.05) is 0 Å².